The minimum absolute atomic E-state index is 0.186. The average Bonchev–Trinajstić information content (AvgIpc) is 2.90. The van der Waals surface area contributed by atoms with Crippen LogP contribution in [0.3, 0.4) is 0 Å². The number of piperidine rings is 1. The lowest BCUT2D eigenvalue weighted by atomic mass is 10.1. The van der Waals surface area contributed by atoms with E-state index in [1.54, 1.807) is 6.26 Å². The molecule has 0 aromatic carbocycles. The van der Waals surface area contributed by atoms with Crippen molar-refractivity contribution < 1.29 is 9.21 Å². The van der Waals surface area contributed by atoms with E-state index in [0.717, 1.165) is 38.2 Å². The molecule has 0 spiro atoms. The number of carbonyl (C=O) groups is 1. The van der Waals surface area contributed by atoms with Crippen molar-refractivity contribution in [3.8, 4) is 0 Å². The first-order valence-corrected chi connectivity index (χ1v) is 7.48. The molecule has 1 atom stereocenters. The maximum Gasteiger partial charge on any atom is 0.281 e. The molecule has 1 aromatic heterocycles. The minimum atomic E-state index is 0.186. The lowest BCUT2D eigenvalue weighted by Crippen LogP contribution is -2.47. The summed E-state index contributed by atoms with van der Waals surface area (Å²) < 4.78 is 5.36. The molecule has 5 heteroatoms. The molecule has 1 amide bonds. The molecular formula is C13H20N2O2S. The molecule has 1 aliphatic rings. The molecule has 2 heterocycles. The molecule has 0 saturated carbocycles. The highest BCUT2D eigenvalue weighted by Gasteiger charge is 2.26. The van der Waals surface area contributed by atoms with Crippen LogP contribution in [0.4, 0.5) is 4.79 Å². The summed E-state index contributed by atoms with van der Waals surface area (Å²) in [7, 11) is 2.10. The topological polar surface area (TPSA) is 36.7 Å². The minimum Gasteiger partial charge on any atom is -0.468 e. The Labute approximate surface area is 112 Å². The molecule has 18 heavy (non-hydrogen) atoms. The van der Waals surface area contributed by atoms with Crippen molar-refractivity contribution in [2.24, 2.45) is 0 Å². The Hall–Kier alpha value is -0.940. The first-order valence-electron chi connectivity index (χ1n) is 6.26. The zero-order chi connectivity index (χ0) is 13.0. The second kappa shape index (κ2) is 6.29. The van der Waals surface area contributed by atoms with E-state index in [4.69, 9.17) is 4.42 Å². The smallest absolute Gasteiger partial charge is 0.281 e. The summed E-state index contributed by atoms with van der Waals surface area (Å²) in [4.78, 5) is 15.9. The van der Waals surface area contributed by atoms with E-state index < -0.39 is 0 Å². The van der Waals surface area contributed by atoms with Crippen molar-refractivity contribution in [3.05, 3.63) is 24.2 Å². The molecule has 0 bridgehead atoms. The maximum atomic E-state index is 11.7. The van der Waals surface area contributed by atoms with E-state index in [0.29, 0.717) is 6.04 Å². The fourth-order valence-electron chi connectivity index (χ4n) is 2.39. The van der Waals surface area contributed by atoms with Gasteiger partial charge in [0.2, 0.25) is 0 Å². The van der Waals surface area contributed by atoms with Gasteiger partial charge >= 0.3 is 0 Å². The SMILES string of the molecule is CSC(=O)N1CCCC(N(C)Cc2ccco2)C1. The van der Waals surface area contributed by atoms with Gasteiger partial charge in [-0.05, 0) is 38.3 Å². The molecule has 100 valence electrons. The Kier molecular flexibility index (Phi) is 4.72. The third-order valence-electron chi connectivity index (χ3n) is 3.44. The fraction of sp³-hybridized carbons (Fsp3) is 0.615. The van der Waals surface area contributed by atoms with Crippen molar-refractivity contribution >= 4 is 17.0 Å². The van der Waals surface area contributed by atoms with Crippen molar-refractivity contribution in [1.82, 2.24) is 9.80 Å². The Bertz CT molecular complexity index is 380. The van der Waals surface area contributed by atoms with Gasteiger partial charge < -0.3 is 9.32 Å². The highest BCUT2D eigenvalue weighted by atomic mass is 32.2. The molecular weight excluding hydrogens is 248 g/mol. The van der Waals surface area contributed by atoms with Gasteiger partial charge in [0, 0.05) is 19.1 Å². The van der Waals surface area contributed by atoms with Gasteiger partial charge in [-0.3, -0.25) is 9.69 Å². The summed E-state index contributed by atoms with van der Waals surface area (Å²) in [6, 6.07) is 4.33. The number of likely N-dealkylation sites (tertiary alicyclic amines) is 1. The van der Waals surface area contributed by atoms with Crippen LogP contribution in [0, 0.1) is 0 Å². The summed E-state index contributed by atoms with van der Waals surface area (Å²) in [5.74, 6) is 0.978. The van der Waals surface area contributed by atoms with Crippen LogP contribution < -0.4 is 0 Å². The Balaban J connectivity index is 1.90. The van der Waals surface area contributed by atoms with Gasteiger partial charge in [-0.1, -0.05) is 11.8 Å². The number of thioether (sulfide) groups is 1. The van der Waals surface area contributed by atoms with Crippen molar-refractivity contribution in [1.29, 1.82) is 0 Å². The van der Waals surface area contributed by atoms with Crippen LogP contribution in [0.1, 0.15) is 18.6 Å². The summed E-state index contributed by atoms with van der Waals surface area (Å²) >= 11 is 1.30. The first-order chi connectivity index (χ1) is 8.70. The molecule has 0 radical (unpaired) electrons. The number of rotatable bonds is 3. The van der Waals surface area contributed by atoms with Gasteiger partial charge in [0.25, 0.3) is 5.24 Å². The predicted molar refractivity (Wildman–Crippen MR) is 73.7 cm³/mol. The average molecular weight is 268 g/mol. The number of hydrogen-bond donors (Lipinski definition) is 0. The highest BCUT2D eigenvalue weighted by molar-refractivity contribution is 8.12. The summed E-state index contributed by atoms with van der Waals surface area (Å²) in [5.41, 5.74) is 0. The van der Waals surface area contributed by atoms with E-state index in [1.807, 2.05) is 23.3 Å². The van der Waals surface area contributed by atoms with Crippen LogP contribution in [-0.4, -0.2) is 47.5 Å². The monoisotopic (exact) mass is 268 g/mol. The lowest BCUT2D eigenvalue weighted by Gasteiger charge is -2.37. The molecule has 0 aliphatic carbocycles. The van der Waals surface area contributed by atoms with Crippen molar-refractivity contribution in [3.63, 3.8) is 0 Å². The second-order valence-electron chi connectivity index (χ2n) is 4.71. The van der Waals surface area contributed by atoms with Gasteiger partial charge in [-0.25, -0.2) is 0 Å². The van der Waals surface area contributed by atoms with Crippen LogP contribution in [0.15, 0.2) is 22.8 Å². The number of furan rings is 1. The normalized spacial score (nSPS) is 20.4. The quantitative estimate of drug-likeness (QED) is 0.844. The van der Waals surface area contributed by atoms with Crippen LogP contribution >= 0.6 is 11.8 Å². The van der Waals surface area contributed by atoms with Gasteiger partial charge in [0.1, 0.15) is 5.76 Å². The van der Waals surface area contributed by atoms with Gasteiger partial charge in [-0.15, -0.1) is 0 Å². The Morgan fingerprint density at radius 2 is 2.50 bits per heavy atom. The van der Waals surface area contributed by atoms with E-state index in [-0.39, 0.29) is 5.24 Å². The van der Waals surface area contributed by atoms with Gasteiger partial charge in [0.15, 0.2) is 0 Å². The summed E-state index contributed by atoms with van der Waals surface area (Å²) in [6.07, 6.45) is 5.78. The molecule has 1 fully saturated rings. The largest absolute Gasteiger partial charge is 0.468 e. The molecule has 2 rings (SSSR count). The number of likely N-dealkylation sites (N-methyl/N-ethyl adjacent to an activating group) is 1. The Morgan fingerprint density at radius 1 is 1.67 bits per heavy atom. The standard InChI is InChI=1S/C13H20N2O2S/c1-14(10-12-6-4-8-17-12)11-5-3-7-15(9-11)13(16)18-2/h4,6,8,11H,3,5,7,9-10H2,1-2H3. The molecule has 4 nitrogen and oxygen atoms in total. The highest BCUT2D eigenvalue weighted by Crippen LogP contribution is 2.19. The number of carbonyl (C=O) groups excluding carboxylic acids is 1. The van der Waals surface area contributed by atoms with Gasteiger partial charge in [0.05, 0.1) is 12.8 Å². The van der Waals surface area contributed by atoms with E-state index in [9.17, 15) is 4.79 Å². The molecule has 0 N–H and O–H groups in total. The first kappa shape index (κ1) is 13.5. The van der Waals surface area contributed by atoms with Crippen LogP contribution in [0.25, 0.3) is 0 Å². The van der Waals surface area contributed by atoms with E-state index in [2.05, 4.69) is 11.9 Å². The number of nitrogens with zero attached hydrogens (tertiary/aromatic N) is 2. The van der Waals surface area contributed by atoms with Crippen molar-refractivity contribution in [2.45, 2.75) is 25.4 Å². The summed E-state index contributed by atoms with van der Waals surface area (Å²) in [5, 5.41) is 0.186. The van der Waals surface area contributed by atoms with Crippen molar-refractivity contribution in [2.75, 3.05) is 26.4 Å². The molecule has 1 saturated heterocycles. The number of hydrogen-bond acceptors (Lipinski definition) is 4. The predicted octanol–water partition coefficient (Wildman–Crippen LogP) is 2.66. The zero-order valence-electron chi connectivity index (χ0n) is 11.0. The third kappa shape index (κ3) is 3.29. The van der Waals surface area contributed by atoms with Crippen LogP contribution in [0.2, 0.25) is 0 Å². The van der Waals surface area contributed by atoms with Gasteiger partial charge in [-0.2, -0.15) is 0 Å². The third-order valence-corrected chi connectivity index (χ3v) is 4.05. The van der Waals surface area contributed by atoms with Crippen LogP contribution in [-0.2, 0) is 6.54 Å². The molecule has 1 aromatic rings. The zero-order valence-corrected chi connectivity index (χ0v) is 11.8. The summed E-state index contributed by atoms with van der Waals surface area (Å²) in [6.45, 7) is 2.53. The molecule has 1 unspecified atom stereocenters. The van der Waals surface area contributed by atoms with E-state index >= 15 is 0 Å². The fourth-order valence-corrected chi connectivity index (χ4v) is 2.81. The van der Waals surface area contributed by atoms with Crippen LogP contribution in [0.5, 0.6) is 0 Å². The Morgan fingerprint density at radius 3 is 3.17 bits per heavy atom. The van der Waals surface area contributed by atoms with E-state index in [1.165, 1.54) is 11.8 Å². The number of amides is 1. The lowest BCUT2D eigenvalue weighted by molar-refractivity contribution is 0.128. The maximum absolute atomic E-state index is 11.7. The second-order valence-corrected chi connectivity index (χ2v) is 5.46. The molecule has 1 aliphatic heterocycles.